The zero-order valence-electron chi connectivity index (χ0n) is 13.8. The Morgan fingerprint density at radius 1 is 1.27 bits per heavy atom. The highest BCUT2D eigenvalue weighted by atomic mass is 35.5. The van der Waals surface area contributed by atoms with E-state index in [0.717, 1.165) is 6.07 Å². The van der Waals surface area contributed by atoms with Gasteiger partial charge in [-0.15, -0.1) is 0 Å². The van der Waals surface area contributed by atoms with Gasteiger partial charge in [0.15, 0.2) is 0 Å². The molecule has 0 saturated heterocycles. The molecule has 0 aliphatic heterocycles. The van der Waals surface area contributed by atoms with Crippen LogP contribution in [0.2, 0.25) is 5.15 Å². The molecule has 0 bridgehead atoms. The number of aryl methyl sites for hydroxylation is 1. The van der Waals surface area contributed by atoms with E-state index in [9.17, 15) is 18.0 Å². The second-order valence-corrected chi connectivity index (χ2v) is 6.17. The van der Waals surface area contributed by atoms with Crippen molar-refractivity contribution >= 4 is 28.4 Å². The number of amides is 1. The summed E-state index contributed by atoms with van der Waals surface area (Å²) in [6.07, 6.45) is -2.95. The summed E-state index contributed by atoms with van der Waals surface area (Å²) in [4.78, 5) is 16.0. The van der Waals surface area contributed by atoms with Crippen LogP contribution in [0.1, 0.15) is 34.6 Å². The number of hydrogen-bond acceptors (Lipinski definition) is 3. The molecule has 9 heteroatoms. The number of pyridine rings is 1. The first-order chi connectivity index (χ1) is 12.2. The van der Waals surface area contributed by atoms with Crippen LogP contribution in [-0.2, 0) is 13.2 Å². The fourth-order valence-corrected chi connectivity index (χ4v) is 2.77. The van der Waals surface area contributed by atoms with Crippen molar-refractivity contribution in [1.82, 2.24) is 20.1 Å². The Morgan fingerprint density at radius 2 is 2.00 bits per heavy atom. The molecule has 0 radical (unpaired) electrons. The maximum Gasteiger partial charge on any atom is 0.433 e. The minimum atomic E-state index is -4.51. The van der Waals surface area contributed by atoms with Gasteiger partial charge in [-0.25, -0.2) is 4.98 Å². The fraction of sp³-hybridized carbons (Fsp3) is 0.235. The van der Waals surface area contributed by atoms with Gasteiger partial charge in [0.25, 0.3) is 5.91 Å². The molecule has 0 fully saturated rings. The van der Waals surface area contributed by atoms with Gasteiger partial charge in [0.05, 0.1) is 17.8 Å². The highest BCUT2D eigenvalue weighted by molar-refractivity contribution is 6.30. The van der Waals surface area contributed by atoms with Crippen molar-refractivity contribution in [1.29, 1.82) is 0 Å². The van der Waals surface area contributed by atoms with Crippen LogP contribution in [0.5, 0.6) is 0 Å². The Balaban J connectivity index is 1.83. The number of fused-ring (bicyclic) bond motifs is 1. The summed E-state index contributed by atoms with van der Waals surface area (Å²) >= 11 is 6.11. The Labute approximate surface area is 151 Å². The first-order valence-corrected chi connectivity index (χ1v) is 8.01. The van der Waals surface area contributed by atoms with Gasteiger partial charge in [-0.05, 0) is 31.2 Å². The number of nitrogens with one attached hydrogen (secondary N) is 1. The standard InChI is InChI=1S/C17H14ClF3N4O/c1-9(12-8-22-25(2)15(12)18)23-16(26)11-3-5-13-10(7-11)4-6-14(24-13)17(19,20)21/h3-9H,1-2H3,(H,23,26)/t9-/m0/s1. The average molecular weight is 383 g/mol. The molecule has 2 heterocycles. The van der Waals surface area contributed by atoms with Crippen molar-refractivity contribution in [3.63, 3.8) is 0 Å². The van der Waals surface area contributed by atoms with Crippen LogP contribution < -0.4 is 5.32 Å². The van der Waals surface area contributed by atoms with Crippen molar-refractivity contribution in [2.45, 2.75) is 19.1 Å². The molecule has 1 N–H and O–H groups in total. The lowest BCUT2D eigenvalue weighted by atomic mass is 10.1. The number of halogens is 4. The third kappa shape index (κ3) is 3.50. The average Bonchev–Trinajstić information content (AvgIpc) is 2.92. The van der Waals surface area contributed by atoms with Crippen LogP contribution >= 0.6 is 11.6 Å². The molecule has 0 aliphatic carbocycles. The third-order valence-corrected chi connectivity index (χ3v) is 4.41. The number of rotatable bonds is 3. The van der Waals surface area contributed by atoms with E-state index in [1.54, 1.807) is 20.2 Å². The van der Waals surface area contributed by atoms with Gasteiger partial charge in [0.1, 0.15) is 10.8 Å². The van der Waals surface area contributed by atoms with Gasteiger partial charge in [-0.2, -0.15) is 18.3 Å². The van der Waals surface area contributed by atoms with Gasteiger partial charge in [0.2, 0.25) is 0 Å². The molecule has 0 unspecified atom stereocenters. The molecule has 5 nitrogen and oxygen atoms in total. The molecule has 2 aromatic heterocycles. The summed E-state index contributed by atoms with van der Waals surface area (Å²) in [7, 11) is 1.69. The molecule has 3 aromatic rings. The van der Waals surface area contributed by atoms with Crippen molar-refractivity contribution < 1.29 is 18.0 Å². The van der Waals surface area contributed by atoms with Crippen LogP contribution in [0.3, 0.4) is 0 Å². The quantitative estimate of drug-likeness (QED) is 0.741. The molecule has 26 heavy (non-hydrogen) atoms. The minimum absolute atomic E-state index is 0.166. The topological polar surface area (TPSA) is 59.8 Å². The summed E-state index contributed by atoms with van der Waals surface area (Å²) in [6.45, 7) is 1.76. The zero-order valence-corrected chi connectivity index (χ0v) is 14.6. The third-order valence-electron chi connectivity index (χ3n) is 3.95. The van der Waals surface area contributed by atoms with Crippen LogP contribution in [-0.4, -0.2) is 20.7 Å². The molecule has 3 rings (SSSR count). The molecule has 0 spiro atoms. The van der Waals surface area contributed by atoms with Gasteiger partial charge >= 0.3 is 6.18 Å². The number of benzene rings is 1. The molecule has 1 atom stereocenters. The number of aromatic nitrogens is 3. The van der Waals surface area contributed by atoms with E-state index in [2.05, 4.69) is 15.4 Å². The van der Waals surface area contributed by atoms with Crippen molar-refractivity contribution in [2.75, 3.05) is 0 Å². The lowest BCUT2D eigenvalue weighted by Crippen LogP contribution is -2.26. The highest BCUT2D eigenvalue weighted by Gasteiger charge is 2.32. The summed E-state index contributed by atoms with van der Waals surface area (Å²) in [5.41, 5.74) is 0.174. The van der Waals surface area contributed by atoms with Gasteiger partial charge in [0, 0.05) is 23.6 Å². The molecule has 136 valence electrons. The second-order valence-electron chi connectivity index (χ2n) is 5.81. The van der Waals surface area contributed by atoms with Gasteiger partial charge < -0.3 is 5.32 Å². The van der Waals surface area contributed by atoms with Crippen molar-refractivity contribution in [2.24, 2.45) is 7.05 Å². The monoisotopic (exact) mass is 382 g/mol. The van der Waals surface area contributed by atoms with E-state index < -0.39 is 11.9 Å². The maximum atomic E-state index is 12.7. The Morgan fingerprint density at radius 3 is 2.62 bits per heavy atom. The van der Waals surface area contributed by atoms with E-state index in [0.29, 0.717) is 21.7 Å². The number of carbonyl (C=O) groups is 1. The molecular weight excluding hydrogens is 369 g/mol. The van der Waals surface area contributed by atoms with Crippen LogP contribution in [0, 0.1) is 0 Å². The molecular formula is C17H14ClF3N4O. The molecule has 0 aliphatic rings. The lowest BCUT2D eigenvalue weighted by molar-refractivity contribution is -0.140. The van der Waals surface area contributed by atoms with Crippen molar-refractivity contribution in [3.8, 4) is 0 Å². The second kappa shape index (κ2) is 6.60. The van der Waals surface area contributed by atoms with E-state index in [-0.39, 0.29) is 17.5 Å². The predicted molar refractivity (Wildman–Crippen MR) is 90.8 cm³/mol. The van der Waals surface area contributed by atoms with Crippen LogP contribution in [0.25, 0.3) is 10.9 Å². The van der Waals surface area contributed by atoms with Crippen molar-refractivity contribution in [3.05, 3.63) is 58.5 Å². The first-order valence-electron chi connectivity index (χ1n) is 7.63. The highest BCUT2D eigenvalue weighted by Crippen LogP contribution is 2.29. The minimum Gasteiger partial charge on any atom is -0.345 e. The van der Waals surface area contributed by atoms with E-state index in [1.807, 2.05) is 0 Å². The molecule has 1 aromatic carbocycles. The largest absolute Gasteiger partial charge is 0.433 e. The molecule has 0 saturated carbocycles. The maximum absolute atomic E-state index is 12.7. The zero-order chi connectivity index (χ0) is 19.1. The summed E-state index contributed by atoms with van der Waals surface area (Å²) < 4.78 is 39.6. The number of nitrogens with zero attached hydrogens (tertiary/aromatic N) is 3. The smallest absolute Gasteiger partial charge is 0.345 e. The number of carbonyl (C=O) groups excluding carboxylic acids is 1. The van der Waals surface area contributed by atoms with Gasteiger partial charge in [-0.1, -0.05) is 17.7 Å². The summed E-state index contributed by atoms with van der Waals surface area (Å²) in [6, 6.07) is 6.12. The van der Waals surface area contributed by atoms with E-state index in [4.69, 9.17) is 11.6 Å². The number of hydrogen-bond donors (Lipinski definition) is 1. The number of alkyl halides is 3. The molecule has 1 amide bonds. The van der Waals surface area contributed by atoms with E-state index >= 15 is 0 Å². The van der Waals surface area contributed by atoms with Gasteiger partial charge in [-0.3, -0.25) is 9.48 Å². The SMILES string of the molecule is C[C@H](NC(=O)c1ccc2nc(C(F)(F)F)ccc2c1)c1cnn(C)c1Cl. The predicted octanol–water partition coefficient (Wildman–Crippen LogP) is 4.13. The first kappa shape index (κ1) is 18.2. The van der Waals surface area contributed by atoms with Crippen LogP contribution in [0.4, 0.5) is 13.2 Å². The Kier molecular flexibility index (Phi) is 4.62. The summed E-state index contributed by atoms with van der Waals surface area (Å²) in [5, 5.41) is 7.67. The Bertz CT molecular complexity index is 984. The summed E-state index contributed by atoms with van der Waals surface area (Å²) in [5.74, 6) is -0.376. The Hall–Kier alpha value is -2.61. The lowest BCUT2D eigenvalue weighted by Gasteiger charge is -2.13. The normalized spacial score (nSPS) is 13.0. The fourth-order valence-electron chi connectivity index (χ4n) is 2.51. The van der Waals surface area contributed by atoms with Crippen LogP contribution in [0.15, 0.2) is 36.5 Å². The van der Waals surface area contributed by atoms with E-state index in [1.165, 1.54) is 28.9 Å².